The van der Waals surface area contributed by atoms with Gasteiger partial charge in [0.2, 0.25) is 0 Å². The Morgan fingerprint density at radius 1 is 1.50 bits per heavy atom. The van der Waals surface area contributed by atoms with E-state index in [4.69, 9.17) is 5.73 Å². The summed E-state index contributed by atoms with van der Waals surface area (Å²) in [7, 11) is 0. The molecule has 0 aromatic heterocycles. The number of benzene rings is 1. The van der Waals surface area contributed by atoms with Crippen LogP contribution < -0.4 is 5.73 Å². The molecule has 1 rings (SSSR count). The van der Waals surface area contributed by atoms with Crippen molar-refractivity contribution in [1.29, 1.82) is 0 Å². The van der Waals surface area contributed by atoms with Crippen LogP contribution in [0.2, 0.25) is 0 Å². The summed E-state index contributed by atoms with van der Waals surface area (Å²) in [4.78, 5) is 0. The van der Waals surface area contributed by atoms with E-state index in [1.165, 1.54) is 0 Å². The molecule has 0 aliphatic rings. The topological polar surface area (TPSA) is 66.5 Å². The second-order valence-electron chi connectivity index (χ2n) is 3.25. The van der Waals surface area contributed by atoms with Gasteiger partial charge in [-0.15, -0.1) is 0 Å². The minimum Gasteiger partial charge on any atom is -0.508 e. The summed E-state index contributed by atoms with van der Waals surface area (Å²) in [6, 6.07) is 3.35. The number of aliphatic hydroxyl groups is 1. The SMILES string of the molecule is Cc1cc(O)c(C(O)CCN)cc1Br. The normalized spacial score (nSPS) is 12.9. The Bertz CT molecular complexity index is 328. The van der Waals surface area contributed by atoms with Gasteiger partial charge < -0.3 is 15.9 Å². The molecule has 0 aliphatic carbocycles. The molecule has 0 heterocycles. The lowest BCUT2D eigenvalue weighted by molar-refractivity contribution is 0.166. The number of phenols is 1. The standard InChI is InChI=1S/C10H14BrNO2/c1-6-4-10(14)7(5-8(6)11)9(13)2-3-12/h4-5,9,13-14H,2-3,12H2,1H3. The fraction of sp³-hybridized carbons (Fsp3) is 0.400. The highest BCUT2D eigenvalue weighted by Gasteiger charge is 2.13. The Labute approximate surface area is 91.7 Å². The minimum absolute atomic E-state index is 0.117. The first kappa shape index (κ1) is 11.5. The molecule has 1 aromatic rings. The van der Waals surface area contributed by atoms with Gasteiger partial charge in [-0.05, 0) is 37.6 Å². The maximum Gasteiger partial charge on any atom is 0.121 e. The van der Waals surface area contributed by atoms with Gasteiger partial charge in [0.05, 0.1) is 6.10 Å². The van der Waals surface area contributed by atoms with Crippen LogP contribution in [0.4, 0.5) is 0 Å². The molecule has 1 aromatic carbocycles. The third-order valence-corrected chi connectivity index (χ3v) is 2.96. The van der Waals surface area contributed by atoms with E-state index in [1.807, 2.05) is 6.92 Å². The fourth-order valence-electron chi connectivity index (χ4n) is 1.26. The first-order valence-corrected chi connectivity index (χ1v) is 5.22. The van der Waals surface area contributed by atoms with Gasteiger partial charge in [0, 0.05) is 10.0 Å². The zero-order valence-electron chi connectivity index (χ0n) is 8.00. The summed E-state index contributed by atoms with van der Waals surface area (Å²) < 4.78 is 0.876. The number of hydrogen-bond donors (Lipinski definition) is 3. The van der Waals surface area contributed by atoms with E-state index in [-0.39, 0.29) is 5.75 Å². The van der Waals surface area contributed by atoms with Crippen molar-refractivity contribution >= 4 is 15.9 Å². The maximum atomic E-state index is 9.66. The van der Waals surface area contributed by atoms with Crippen LogP contribution >= 0.6 is 15.9 Å². The van der Waals surface area contributed by atoms with E-state index < -0.39 is 6.10 Å². The summed E-state index contributed by atoms with van der Waals surface area (Å²) in [5.41, 5.74) is 6.79. The van der Waals surface area contributed by atoms with Crippen molar-refractivity contribution in [3.63, 3.8) is 0 Å². The Kier molecular flexibility index (Phi) is 3.92. The van der Waals surface area contributed by atoms with Crippen LogP contribution in [0.25, 0.3) is 0 Å². The first-order chi connectivity index (χ1) is 6.56. The number of rotatable bonds is 3. The van der Waals surface area contributed by atoms with E-state index in [2.05, 4.69) is 15.9 Å². The fourth-order valence-corrected chi connectivity index (χ4v) is 1.62. The molecular weight excluding hydrogens is 246 g/mol. The molecule has 4 heteroatoms. The Balaban J connectivity index is 3.02. The van der Waals surface area contributed by atoms with Crippen LogP contribution in [-0.2, 0) is 0 Å². The Morgan fingerprint density at radius 3 is 2.71 bits per heavy atom. The molecule has 0 fully saturated rings. The van der Waals surface area contributed by atoms with Gasteiger partial charge in [-0.1, -0.05) is 15.9 Å². The predicted octanol–water partition coefficient (Wildman–Crippen LogP) is 1.85. The summed E-state index contributed by atoms with van der Waals surface area (Å²) in [5, 5.41) is 19.2. The summed E-state index contributed by atoms with van der Waals surface area (Å²) in [6.45, 7) is 2.27. The van der Waals surface area contributed by atoms with Crippen LogP contribution in [0.15, 0.2) is 16.6 Å². The highest BCUT2D eigenvalue weighted by molar-refractivity contribution is 9.10. The average Bonchev–Trinajstić information content (AvgIpc) is 2.11. The molecule has 78 valence electrons. The third-order valence-electron chi connectivity index (χ3n) is 2.11. The first-order valence-electron chi connectivity index (χ1n) is 4.43. The molecular formula is C10H14BrNO2. The number of nitrogens with two attached hydrogens (primary N) is 1. The van der Waals surface area contributed by atoms with E-state index in [9.17, 15) is 10.2 Å². The lowest BCUT2D eigenvalue weighted by Gasteiger charge is -2.13. The number of phenolic OH excluding ortho intramolecular Hbond substituents is 1. The highest BCUT2D eigenvalue weighted by Crippen LogP contribution is 2.31. The van der Waals surface area contributed by atoms with E-state index in [0.29, 0.717) is 18.5 Å². The lowest BCUT2D eigenvalue weighted by Crippen LogP contribution is -2.07. The van der Waals surface area contributed by atoms with E-state index in [0.717, 1.165) is 10.0 Å². The number of aryl methyl sites for hydroxylation is 1. The quantitative estimate of drug-likeness (QED) is 0.776. The van der Waals surface area contributed by atoms with Gasteiger partial charge in [-0.3, -0.25) is 0 Å². The average molecular weight is 260 g/mol. The summed E-state index contributed by atoms with van der Waals surface area (Å²) >= 11 is 3.35. The van der Waals surface area contributed by atoms with Crippen molar-refractivity contribution < 1.29 is 10.2 Å². The van der Waals surface area contributed by atoms with Crippen molar-refractivity contribution in [3.8, 4) is 5.75 Å². The van der Waals surface area contributed by atoms with Crippen molar-refractivity contribution in [2.45, 2.75) is 19.4 Å². The van der Waals surface area contributed by atoms with Gasteiger partial charge in [0.15, 0.2) is 0 Å². The van der Waals surface area contributed by atoms with Gasteiger partial charge >= 0.3 is 0 Å². The summed E-state index contributed by atoms with van der Waals surface area (Å²) in [5.74, 6) is 0.117. The molecule has 1 unspecified atom stereocenters. The zero-order chi connectivity index (χ0) is 10.7. The minimum atomic E-state index is -0.697. The Morgan fingerprint density at radius 2 is 2.14 bits per heavy atom. The molecule has 0 saturated heterocycles. The van der Waals surface area contributed by atoms with Crippen LogP contribution in [0.5, 0.6) is 5.75 Å². The second kappa shape index (κ2) is 4.77. The van der Waals surface area contributed by atoms with E-state index >= 15 is 0 Å². The number of aromatic hydroxyl groups is 1. The number of halogens is 1. The molecule has 0 amide bonds. The predicted molar refractivity (Wildman–Crippen MR) is 59.2 cm³/mol. The van der Waals surface area contributed by atoms with Gasteiger partial charge in [-0.25, -0.2) is 0 Å². The third kappa shape index (κ3) is 2.47. The smallest absolute Gasteiger partial charge is 0.121 e. The molecule has 4 N–H and O–H groups in total. The van der Waals surface area contributed by atoms with Crippen LogP contribution in [0.1, 0.15) is 23.7 Å². The maximum absolute atomic E-state index is 9.66. The molecule has 0 spiro atoms. The van der Waals surface area contributed by atoms with Crippen LogP contribution in [-0.4, -0.2) is 16.8 Å². The van der Waals surface area contributed by atoms with E-state index in [1.54, 1.807) is 12.1 Å². The number of hydrogen-bond acceptors (Lipinski definition) is 3. The molecule has 1 atom stereocenters. The molecule has 3 nitrogen and oxygen atoms in total. The second-order valence-corrected chi connectivity index (χ2v) is 4.11. The zero-order valence-corrected chi connectivity index (χ0v) is 9.58. The summed E-state index contributed by atoms with van der Waals surface area (Å²) in [6.07, 6.45) is -0.250. The molecule has 0 aliphatic heterocycles. The molecule has 0 bridgehead atoms. The Hall–Kier alpha value is -0.580. The monoisotopic (exact) mass is 259 g/mol. The van der Waals surface area contributed by atoms with Crippen molar-refractivity contribution in [2.24, 2.45) is 5.73 Å². The van der Waals surface area contributed by atoms with Crippen molar-refractivity contribution in [2.75, 3.05) is 6.54 Å². The molecule has 0 saturated carbocycles. The van der Waals surface area contributed by atoms with Crippen molar-refractivity contribution in [3.05, 3.63) is 27.7 Å². The highest BCUT2D eigenvalue weighted by atomic mass is 79.9. The van der Waals surface area contributed by atoms with Gasteiger partial charge in [0.25, 0.3) is 0 Å². The van der Waals surface area contributed by atoms with Crippen LogP contribution in [0, 0.1) is 6.92 Å². The number of aliphatic hydroxyl groups excluding tert-OH is 1. The molecule has 0 radical (unpaired) electrons. The largest absolute Gasteiger partial charge is 0.508 e. The lowest BCUT2D eigenvalue weighted by atomic mass is 10.0. The molecule has 14 heavy (non-hydrogen) atoms. The van der Waals surface area contributed by atoms with Crippen LogP contribution in [0.3, 0.4) is 0 Å². The van der Waals surface area contributed by atoms with Gasteiger partial charge in [-0.2, -0.15) is 0 Å². The van der Waals surface area contributed by atoms with Crippen molar-refractivity contribution in [1.82, 2.24) is 0 Å². The van der Waals surface area contributed by atoms with Gasteiger partial charge in [0.1, 0.15) is 5.75 Å².